The van der Waals surface area contributed by atoms with E-state index >= 15 is 0 Å². The van der Waals surface area contributed by atoms with E-state index in [2.05, 4.69) is 5.32 Å². The number of nitrogens with one attached hydrogen (secondary N) is 1. The first kappa shape index (κ1) is 16.6. The van der Waals surface area contributed by atoms with Gasteiger partial charge in [-0.15, -0.1) is 0 Å². The van der Waals surface area contributed by atoms with Gasteiger partial charge in [-0.3, -0.25) is 10.3 Å². The van der Waals surface area contributed by atoms with Gasteiger partial charge in [0.05, 0.1) is 39.2 Å². The van der Waals surface area contributed by atoms with Crippen molar-refractivity contribution in [3.63, 3.8) is 0 Å². The fourth-order valence-corrected chi connectivity index (χ4v) is 2.06. The predicted octanol–water partition coefficient (Wildman–Crippen LogP) is 0.829. The summed E-state index contributed by atoms with van der Waals surface area (Å²) in [4.78, 5) is 11.5. The number of benzene rings is 1. The van der Waals surface area contributed by atoms with E-state index in [1.807, 2.05) is 0 Å². The van der Waals surface area contributed by atoms with Crippen LogP contribution in [0, 0.1) is 10.1 Å². The third kappa shape index (κ3) is 3.90. The number of nitro groups is 1. The molecule has 0 radical (unpaired) electrons. The summed E-state index contributed by atoms with van der Waals surface area (Å²) >= 11 is 0. The van der Waals surface area contributed by atoms with E-state index in [1.54, 1.807) is 31.4 Å². The lowest BCUT2D eigenvalue weighted by Crippen LogP contribution is -2.26. The van der Waals surface area contributed by atoms with Crippen molar-refractivity contribution in [2.45, 2.75) is 6.10 Å². The molecule has 1 aromatic carbocycles. The van der Waals surface area contributed by atoms with Gasteiger partial charge in [-0.1, -0.05) is 12.1 Å². The standard InChI is InChI=1S/C14H18N4O5/c1-16-13(15-7-14(16)18(21)22)9-17(20)8-12(19)10-3-5-11(23-2)6-4-10/h3-7,9,12,15,19-20H,8H2,1-2H3. The average molecular weight is 322 g/mol. The van der Waals surface area contributed by atoms with E-state index in [4.69, 9.17) is 4.74 Å². The second-order valence-corrected chi connectivity index (χ2v) is 4.89. The Morgan fingerprint density at radius 3 is 2.65 bits per heavy atom. The molecule has 1 aliphatic heterocycles. The monoisotopic (exact) mass is 322 g/mol. The molecule has 0 amide bonds. The highest BCUT2D eigenvalue weighted by molar-refractivity contribution is 5.28. The number of aliphatic hydroxyl groups excluding tert-OH is 1. The molecule has 3 N–H and O–H groups in total. The maximum atomic E-state index is 10.8. The smallest absolute Gasteiger partial charge is 0.340 e. The van der Waals surface area contributed by atoms with Gasteiger partial charge in [0.1, 0.15) is 5.75 Å². The first-order valence-corrected chi connectivity index (χ1v) is 6.76. The fraction of sp³-hybridized carbons (Fsp3) is 0.286. The molecular formula is C14H18N4O5. The minimum absolute atomic E-state index is 0.0981. The first-order chi connectivity index (χ1) is 10.9. The number of ether oxygens (including phenoxy) is 1. The Bertz CT molecular complexity index is 629. The summed E-state index contributed by atoms with van der Waals surface area (Å²) in [5.41, 5.74) is 0.611. The van der Waals surface area contributed by atoms with Gasteiger partial charge >= 0.3 is 5.82 Å². The zero-order valence-electron chi connectivity index (χ0n) is 12.7. The number of hydrogen-bond acceptors (Lipinski definition) is 8. The Kier molecular flexibility index (Phi) is 5.04. The van der Waals surface area contributed by atoms with Crippen molar-refractivity contribution in [1.82, 2.24) is 15.3 Å². The number of hydrogen-bond donors (Lipinski definition) is 3. The average Bonchev–Trinajstić information content (AvgIpc) is 2.88. The van der Waals surface area contributed by atoms with Crippen molar-refractivity contribution in [3.05, 3.63) is 64.0 Å². The van der Waals surface area contributed by atoms with E-state index in [-0.39, 0.29) is 12.4 Å². The van der Waals surface area contributed by atoms with Crippen LogP contribution in [0.4, 0.5) is 0 Å². The van der Waals surface area contributed by atoms with Gasteiger partial charge < -0.3 is 25.3 Å². The van der Waals surface area contributed by atoms with E-state index in [0.717, 1.165) is 5.06 Å². The zero-order chi connectivity index (χ0) is 17.0. The minimum atomic E-state index is -0.933. The van der Waals surface area contributed by atoms with Crippen molar-refractivity contribution in [3.8, 4) is 5.75 Å². The zero-order valence-corrected chi connectivity index (χ0v) is 12.7. The molecular weight excluding hydrogens is 304 g/mol. The Balaban J connectivity index is 1.97. The summed E-state index contributed by atoms with van der Waals surface area (Å²) in [6.45, 7) is -0.0981. The lowest BCUT2D eigenvalue weighted by molar-refractivity contribution is -0.441. The highest BCUT2D eigenvalue weighted by atomic mass is 16.6. The number of hydroxylamine groups is 2. The molecule has 2 rings (SSSR count). The summed E-state index contributed by atoms with van der Waals surface area (Å²) in [5, 5.41) is 34.2. The molecule has 1 heterocycles. The van der Waals surface area contributed by atoms with Crippen LogP contribution in [0.15, 0.2) is 48.3 Å². The molecule has 0 bridgehead atoms. The Morgan fingerprint density at radius 2 is 2.13 bits per heavy atom. The maximum Gasteiger partial charge on any atom is 0.340 e. The normalized spacial score (nSPS) is 16.8. The molecule has 1 atom stereocenters. The van der Waals surface area contributed by atoms with Crippen LogP contribution in [0.5, 0.6) is 5.75 Å². The summed E-state index contributed by atoms with van der Waals surface area (Å²) < 4.78 is 5.03. The topological polar surface area (TPSA) is 111 Å². The molecule has 0 aromatic heterocycles. The van der Waals surface area contributed by atoms with Crippen LogP contribution >= 0.6 is 0 Å². The van der Waals surface area contributed by atoms with Gasteiger partial charge in [0, 0.05) is 0 Å². The third-order valence-electron chi connectivity index (χ3n) is 3.37. The van der Waals surface area contributed by atoms with Gasteiger partial charge in [-0.25, -0.2) is 4.90 Å². The fourth-order valence-electron chi connectivity index (χ4n) is 2.06. The molecule has 9 heteroatoms. The summed E-state index contributed by atoms with van der Waals surface area (Å²) in [6.07, 6.45) is 1.55. The first-order valence-electron chi connectivity index (χ1n) is 6.76. The highest BCUT2D eigenvalue weighted by Gasteiger charge is 2.28. The third-order valence-corrected chi connectivity index (χ3v) is 3.37. The molecule has 1 aliphatic rings. The van der Waals surface area contributed by atoms with Crippen molar-refractivity contribution in [1.29, 1.82) is 0 Å². The van der Waals surface area contributed by atoms with Crippen LogP contribution < -0.4 is 10.1 Å². The molecule has 9 nitrogen and oxygen atoms in total. The van der Waals surface area contributed by atoms with Gasteiger partial charge in [0.15, 0.2) is 0 Å². The number of rotatable bonds is 6. The van der Waals surface area contributed by atoms with Gasteiger partial charge in [0.2, 0.25) is 5.82 Å². The summed E-state index contributed by atoms with van der Waals surface area (Å²) in [6, 6.07) is 6.80. The van der Waals surface area contributed by atoms with Crippen LogP contribution in [0.25, 0.3) is 0 Å². The predicted molar refractivity (Wildman–Crippen MR) is 80.5 cm³/mol. The van der Waals surface area contributed by atoms with Crippen LogP contribution in [-0.2, 0) is 0 Å². The van der Waals surface area contributed by atoms with E-state index in [9.17, 15) is 20.4 Å². The lowest BCUT2D eigenvalue weighted by atomic mass is 10.1. The van der Waals surface area contributed by atoms with Crippen LogP contribution in [-0.4, -0.2) is 45.9 Å². The second-order valence-electron chi connectivity index (χ2n) is 4.89. The minimum Gasteiger partial charge on any atom is -0.497 e. The number of nitrogens with zero attached hydrogens (tertiary/aromatic N) is 3. The van der Waals surface area contributed by atoms with Crippen LogP contribution in [0.2, 0.25) is 0 Å². The summed E-state index contributed by atoms with van der Waals surface area (Å²) in [7, 11) is 3.04. The quantitative estimate of drug-likeness (QED) is 0.521. The van der Waals surface area contributed by atoms with Crippen molar-refractivity contribution < 1.29 is 20.0 Å². The number of methoxy groups -OCH3 is 1. The van der Waals surface area contributed by atoms with Crippen molar-refractivity contribution in [2.75, 3.05) is 20.7 Å². The molecule has 0 spiro atoms. The molecule has 124 valence electrons. The van der Waals surface area contributed by atoms with E-state index < -0.39 is 11.0 Å². The Morgan fingerprint density at radius 1 is 1.48 bits per heavy atom. The molecule has 1 unspecified atom stereocenters. The Labute approximate surface area is 132 Å². The van der Waals surface area contributed by atoms with E-state index in [0.29, 0.717) is 17.1 Å². The second kappa shape index (κ2) is 6.99. The SMILES string of the molecule is COc1ccc(C(O)CN(O)C=C2NC=C([N+](=O)[O-])N2C)cc1. The van der Waals surface area contributed by atoms with Crippen LogP contribution in [0.3, 0.4) is 0 Å². The highest BCUT2D eigenvalue weighted by Crippen LogP contribution is 2.19. The molecule has 0 fully saturated rings. The largest absolute Gasteiger partial charge is 0.497 e. The molecule has 0 saturated carbocycles. The molecule has 1 aromatic rings. The van der Waals surface area contributed by atoms with Gasteiger partial charge in [-0.2, -0.15) is 0 Å². The molecule has 0 aliphatic carbocycles. The summed E-state index contributed by atoms with van der Waals surface area (Å²) in [5.74, 6) is 0.848. The van der Waals surface area contributed by atoms with Crippen LogP contribution in [0.1, 0.15) is 11.7 Å². The number of aliphatic hydroxyl groups is 1. The van der Waals surface area contributed by atoms with Gasteiger partial charge in [0.25, 0.3) is 0 Å². The maximum absolute atomic E-state index is 10.8. The lowest BCUT2D eigenvalue weighted by Gasteiger charge is -2.18. The molecule has 23 heavy (non-hydrogen) atoms. The van der Waals surface area contributed by atoms with Crippen molar-refractivity contribution >= 4 is 0 Å². The molecule has 0 saturated heterocycles. The van der Waals surface area contributed by atoms with Gasteiger partial charge in [-0.05, 0) is 22.6 Å². The Hall–Kier alpha value is -2.78. The van der Waals surface area contributed by atoms with E-state index in [1.165, 1.54) is 24.3 Å². The van der Waals surface area contributed by atoms with Crippen molar-refractivity contribution in [2.24, 2.45) is 0 Å².